The van der Waals surface area contributed by atoms with Crippen LogP contribution in [0.4, 0.5) is 5.82 Å². The summed E-state index contributed by atoms with van der Waals surface area (Å²) < 4.78 is 0. The van der Waals surface area contributed by atoms with Crippen LogP contribution in [0.3, 0.4) is 0 Å². The Labute approximate surface area is 156 Å². The zero-order valence-corrected chi connectivity index (χ0v) is 16.2. The van der Waals surface area contributed by atoms with Crippen LogP contribution in [-0.4, -0.2) is 23.3 Å². The van der Waals surface area contributed by atoms with Gasteiger partial charge in [-0.25, -0.2) is 0 Å². The van der Waals surface area contributed by atoms with Crippen LogP contribution in [-0.2, 0) is 0 Å². The van der Waals surface area contributed by atoms with E-state index in [0.717, 1.165) is 30.5 Å². The van der Waals surface area contributed by atoms with E-state index in [-0.39, 0.29) is 0 Å². The molecule has 1 saturated carbocycles. The molecule has 1 aliphatic rings. The predicted octanol–water partition coefficient (Wildman–Crippen LogP) is 5.46. The molecule has 0 saturated heterocycles. The quantitative estimate of drug-likeness (QED) is 0.615. The number of aromatic nitrogens is 2. The minimum atomic E-state index is 0.830. The molecular weight excluding hydrogens is 318 g/mol. The lowest BCUT2D eigenvalue weighted by atomic mass is 9.94. The van der Waals surface area contributed by atoms with Gasteiger partial charge in [-0.05, 0) is 57.6 Å². The molecule has 3 heteroatoms. The Morgan fingerprint density at radius 2 is 1.62 bits per heavy atom. The van der Waals surface area contributed by atoms with Crippen molar-refractivity contribution in [3.05, 3.63) is 53.1 Å². The average molecular weight is 345 g/mol. The summed E-state index contributed by atoms with van der Waals surface area (Å²) in [5.74, 6) is 1.86. The van der Waals surface area contributed by atoms with E-state index in [1.54, 1.807) is 0 Å². The Kier molecular flexibility index (Phi) is 4.39. The van der Waals surface area contributed by atoms with Crippen LogP contribution < -0.4 is 4.90 Å². The highest BCUT2D eigenvalue weighted by molar-refractivity contribution is 6.01. The number of benzene rings is 2. The van der Waals surface area contributed by atoms with Gasteiger partial charge in [-0.15, -0.1) is 10.2 Å². The van der Waals surface area contributed by atoms with E-state index in [2.05, 4.69) is 69.0 Å². The highest BCUT2D eigenvalue weighted by Gasteiger charge is 2.26. The minimum absolute atomic E-state index is 0.830. The Hall–Kier alpha value is -2.42. The van der Waals surface area contributed by atoms with E-state index >= 15 is 0 Å². The standard InChI is InChI=1S/C23H27N3/c1-5-26(14-18-10-11-18)23-20-9-7-6-8-19(20)22(24-25-23)21-16(3)12-15(2)13-17(21)4/h6-9,12-13,18H,5,10-11,14H2,1-4H3. The van der Waals surface area contributed by atoms with E-state index < -0.39 is 0 Å². The molecule has 4 rings (SSSR count). The molecular formula is C23H27N3. The summed E-state index contributed by atoms with van der Waals surface area (Å²) in [6.07, 6.45) is 2.70. The first-order valence-electron chi connectivity index (χ1n) is 9.67. The van der Waals surface area contributed by atoms with Crippen LogP contribution in [0.15, 0.2) is 36.4 Å². The number of fused-ring (bicyclic) bond motifs is 1. The highest BCUT2D eigenvalue weighted by atomic mass is 15.3. The van der Waals surface area contributed by atoms with Gasteiger partial charge in [0.05, 0.1) is 0 Å². The first kappa shape index (κ1) is 17.0. The summed E-state index contributed by atoms with van der Waals surface area (Å²) in [4.78, 5) is 2.39. The predicted molar refractivity (Wildman–Crippen MR) is 110 cm³/mol. The van der Waals surface area contributed by atoms with Crippen molar-refractivity contribution < 1.29 is 0 Å². The zero-order chi connectivity index (χ0) is 18.3. The molecule has 2 aromatic carbocycles. The maximum atomic E-state index is 4.73. The van der Waals surface area contributed by atoms with Gasteiger partial charge in [0.2, 0.25) is 0 Å². The fourth-order valence-corrected chi connectivity index (χ4v) is 4.04. The molecule has 0 amide bonds. The monoisotopic (exact) mass is 345 g/mol. The maximum absolute atomic E-state index is 4.73. The van der Waals surface area contributed by atoms with Crippen LogP contribution in [0, 0.1) is 26.7 Å². The molecule has 0 atom stereocenters. The van der Waals surface area contributed by atoms with Crippen LogP contribution in [0.1, 0.15) is 36.5 Å². The van der Waals surface area contributed by atoms with Gasteiger partial charge in [-0.1, -0.05) is 42.0 Å². The Morgan fingerprint density at radius 1 is 0.962 bits per heavy atom. The Balaban J connectivity index is 1.90. The van der Waals surface area contributed by atoms with Crippen LogP contribution >= 0.6 is 0 Å². The first-order valence-corrected chi connectivity index (χ1v) is 9.67. The van der Waals surface area contributed by atoms with Crippen molar-refractivity contribution in [2.24, 2.45) is 5.92 Å². The third-order valence-corrected chi connectivity index (χ3v) is 5.44. The fourth-order valence-electron chi connectivity index (χ4n) is 4.04. The number of anilines is 1. The van der Waals surface area contributed by atoms with Gasteiger partial charge in [-0.2, -0.15) is 0 Å². The van der Waals surface area contributed by atoms with Crippen LogP contribution in [0.5, 0.6) is 0 Å². The molecule has 0 unspecified atom stereocenters. The van der Waals surface area contributed by atoms with E-state index in [4.69, 9.17) is 10.2 Å². The molecule has 134 valence electrons. The molecule has 1 heterocycles. The van der Waals surface area contributed by atoms with Gasteiger partial charge in [0, 0.05) is 29.4 Å². The second kappa shape index (κ2) is 6.71. The van der Waals surface area contributed by atoms with E-state index in [9.17, 15) is 0 Å². The summed E-state index contributed by atoms with van der Waals surface area (Å²) in [6, 6.07) is 13.1. The maximum Gasteiger partial charge on any atom is 0.159 e. The third kappa shape index (κ3) is 3.07. The number of rotatable bonds is 5. The normalized spacial score (nSPS) is 14.0. The molecule has 0 N–H and O–H groups in total. The number of aryl methyl sites for hydroxylation is 3. The summed E-state index contributed by atoms with van der Waals surface area (Å²) in [5.41, 5.74) is 6.04. The van der Waals surface area contributed by atoms with Crippen molar-refractivity contribution >= 4 is 16.6 Å². The zero-order valence-electron chi connectivity index (χ0n) is 16.2. The second-order valence-electron chi connectivity index (χ2n) is 7.67. The van der Waals surface area contributed by atoms with E-state index in [1.807, 2.05) is 0 Å². The van der Waals surface area contributed by atoms with Crippen molar-refractivity contribution in [2.45, 2.75) is 40.5 Å². The van der Waals surface area contributed by atoms with Crippen LogP contribution in [0.2, 0.25) is 0 Å². The van der Waals surface area contributed by atoms with E-state index in [0.29, 0.717) is 0 Å². The molecule has 0 aliphatic heterocycles. The molecule has 3 nitrogen and oxygen atoms in total. The van der Waals surface area contributed by atoms with Crippen LogP contribution in [0.25, 0.3) is 22.0 Å². The summed E-state index contributed by atoms with van der Waals surface area (Å²) in [6.45, 7) is 10.8. The van der Waals surface area contributed by atoms with Crippen molar-refractivity contribution in [3.63, 3.8) is 0 Å². The molecule has 26 heavy (non-hydrogen) atoms. The van der Waals surface area contributed by atoms with Gasteiger partial charge < -0.3 is 4.90 Å². The largest absolute Gasteiger partial charge is 0.355 e. The molecule has 1 aliphatic carbocycles. The first-order chi connectivity index (χ1) is 12.6. The molecule has 0 bridgehead atoms. The molecule has 0 radical (unpaired) electrons. The highest BCUT2D eigenvalue weighted by Crippen LogP contribution is 2.36. The van der Waals surface area contributed by atoms with Gasteiger partial charge in [-0.3, -0.25) is 0 Å². The van der Waals surface area contributed by atoms with Gasteiger partial charge in [0.15, 0.2) is 5.82 Å². The number of nitrogens with zero attached hydrogens (tertiary/aromatic N) is 3. The third-order valence-electron chi connectivity index (χ3n) is 5.44. The molecule has 3 aromatic rings. The summed E-state index contributed by atoms with van der Waals surface area (Å²) >= 11 is 0. The molecule has 1 fully saturated rings. The number of hydrogen-bond donors (Lipinski definition) is 0. The molecule has 0 spiro atoms. The fraction of sp³-hybridized carbons (Fsp3) is 0.391. The SMILES string of the molecule is CCN(CC1CC1)c1nnc(-c2c(C)cc(C)cc2C)c2ccccc12. The van der Waals surface area contributed by atoms with Crippen molar-refractivity contribution in [3.8, 4) is 11.3 Å². The van der Waals surface area contributed by atoms with Gasteiger partial charge in [0.25, 0.3) is 0 Å². The lowest BCUT2D eigenvalue weighted by Crippen LogP contribution is -2.26. The van der Waals surface area contributed by atoms with Crippen molar-refractivity contribution in [1.82, 2.24) is 10.2 Å². The Morgan fingerprint density at radius 3 is 2.23 bits per heavy atom. The van der Waals surface area contributed by atoms with Gasteiger partial charge in [0.1, 0.15) is 5.69 Å². The topological polar surface area (TPSA) is 29.0 Å². The Bertz CT molecular complexity index is 934. The van der Waals surface area contributed by atoms with Gasteiger partial charge >= 0.3 is 0 Å². The summed E-state index contributed by atoms with van der Waals surface area (Å²) in [5, 5.41) is 11.9. The van der Waals surface area contributed by atoms with Crippen molar-refractivity contribution in [1.29, 1.82) is 0 Å². The lowest BCUT2D eigenvalue weighted by molar-refractivity contribution is 0.728. The minimum Gasteiger partial charge on any atom is -0.355 e. The van der Waals surface area contributed by atoms with Crippen molar-refractivity contribution in [2.75, 3.05) is 18.0 Å². The average Bonchev–Trinajstić information content (AvgIpc) is 3.43. The second-order valence-corrected chi connectivity index (χ2v) is 7.67. The summed E-state index contributed by atoms with van der Waals surface area (Å²) in [7, 11) is 0. The molecule has 1 aromatic heterocycles. The number of hydrogen-bond acceptors (Lipinski definition) is 3. The van der Waals surface area contributed by atoms with E-state index in [1.165, 1.54) is 45.9 Å². The smallest absolute Gasteiger partial charge is 0.159 e. The lowest BCUT2D eigenvalue weighted by Gasteiger charge is -2.23.